The molecule has 0 unspecified atom stereocenters. The highest BCUT2D eigenvalue weighted by atomic mass is 16.2. The minimum atomic E-state index is 0.0930. The van der Waals surface area contributed by atoms with E-state index >= 15 is 0 Å². The summed E-state index contributed by atoms with van der Waals surface area (Å²) < 4.78 is 2.16. The van der Waals surface area contributed by atoms with E-state index in [0.717, 1.165) is 57.2 Å². The molecule has 2 aliphatic rings. The van der Waals surface area contributed by atoms with Crippen LogP contribution in [-0.2, 0) is 13.6 Å². The lowest BCUT2D eigenvalue weighted by molar-refractivity contribution is 0.153. The molecule has 1 atom stereocenters. The maximum Gasteiger partial charge on any atom is 0.319 e. The normalized spacial score (nSPS) is 22.6. The van der Waals surface area contributed by atoms with Gasteiger partial charge in [0.1, 0.15) is 11.6 Å². The van der Waals surface area contributed by atoms with Gasteiger partial charge in [-0.25, -0.2) is 4.79 Å². The predicted octanol–water partition coefficient (Wildman–Crippen LogP) is 1.66. The number of rotatable bonds is 3. The second-order valence-electron chi connectivity index (χ2n) is 7.33. The van der Waals surface area contributed by atoms with Gasteiger partial charge in [0.05, 0.1) is 6.54 Å². The maximum absolute atomic E-state index is 12.2. The van der Waals surface area contributed by atoms with Gasteiger partial charge in [-0.05, 0) is 38.8 Å². The molecule has 24 heavy (non-hydrogen) atoms. The smallest absolute Gasteiger partial charge is 0.319 e. The number of carbonyl (C=O) groups is 1. The number of carbonyl (C=O) groups excluding carboxylic acids is 1. The van der Waals surface area contributed by atoms with E-state index in [-0.39, 0.29) is 11.9 Å². The van der Waals surface area contributed by atoms with Gasteiger partial charge in [-0.1, -0.05) is 6.42 Å². The van der Waals surface area contributed by atoms with Gasteiger partial charge in [0.15, 0.2) is 0 Å². The van der Waals surface area contributed by atoms with Gasteiger partial charge >= 0.3 is 6.03 Å². The molecular formula is C17H30N6O. The first-order valence-electron chi connectivity index (χ1n) is 9.13. The number of amides is 2. The van der Waals surface area contributed by atoms with Gasteiger partial charge in [-0.3, -0.25) is 4.90 Å². The molecule has 134 valence electrons. The van der Waals surface area contributed by atoms with E-state index in [1.807, 2.05) is 19.0 Å². The van der Waals surface area contributed by atoms with E-state index in [1.54, 1.807) is 4.90 Å². The number of urea groups is 1. The molecule has 7 nitrogen and oxygen atoms in total. The van der Waals surface area contributed by atoms with Gasteiger partial charge in [0.25, 0.3) is 0 Å². The fourth-order valence-electron chi connectivity index (χ4n) is 3.83. The molecule has 0 N–H and O–H groups in total. The lowest BCUT2D eigenvalue weighted by atomic mass is 9.97. The van der Waals surface area contributed by atoms with E-state index < -0.39 is 0 Å². The fraction of sp³-hybridized carbons (Fsp3) is 0.824. The first-order chi connectivity index (χ1) is 11.6. The molecule has 2 fully saturated rings. The molecule has 0 bridgehead atoms. The monoisotopic (exact) mass is 334 g/mol. The summed E-state index contributed by atoms with van der Waals surface area (Å²) in [4.78, 5) is 18.3. The van der Waals surface area contributed by atoms with Crippen molar-refractivity contribution in [2.45, 2.75) is 44.6 Å². The van der Waals surface area contributed by atoms with Gasteiger partial charge in [-0.2, -0.15) is 0 Å². The maximum atomic E-state index is 12.2. The SMILES string of the molecule is CN(C)C(=O)N1CCC[C@@H](c2nnc(CN3CCCCC3)n2C)C1. The number of likely N-dealkylation sites (tertiary alicyclic amines) is 2. The molecule has 0 saturated carbocycles. The van der Waals surface area contributed by atoms with E-state index in [2.05, 4.69) is 26.7 Å². The molecule has 0 radical (unpaired) electrons. The average Bonchev–Trinajstić information content (AvgIpc) is 2.96. The Hall–Kier alpha value is -1.63. The molecule has 3 rings (SSSR count). The highest BCUT2D eigenvalue weighted by molar-refractivity contribution is 5.74. The molecule has 7 heteroatoms. The van der Waals surface area contributed by atoms with Crippen LogP contribution in [0, 0.1) is 0 Å². The zero-order chi connectivity index (χ0) is 17.1. The zero-order valence-corrected chi connectivity index (χ0v) is 15.2. The van der Waals surface area contributed by atoms with Crippen molar-refractivity contribution in [3.8, 4) is 0 Å². The standard InChI is InChI=1S/C17H30N6O/c1-20(2)17(24)23-11-7-8-14(12-23)16-19-18-15(21(16)3)13-22-9-5-4-6-10-22/h14H,4-13H2,1-3H3/t14-/m1/s1. The number of hydrogen-bond donors (Lipinski definition) is 0. The quantitative estimate of drug-likeness (QED) is 0.844. The molecule has 0 spiro atoms. The van der Waals surface area contributed by atoms with Gasteiger partial charge in [-0.15, -0.1) is 10.2 Å². The van der Waals surface area contributed by atoms with E-state index in [0.29, 0.717) is 0 Å². The van der Waals surface area contributed by atoms with E-state index in [4.69, 9.17) is 0 Å². The molecule has 1 aromatic heterocycles. The molecule has 0 aromatic carbocycles. The summed E-state index contributed by atoms with van der Waals surface area (Å²) in [6.07, 6.45) is 6.02. The molecule has 1 aromatic rings. The number of hydrogen-bond acceptors (Lipinski definition) is 4. The molecular weight excluding hydrogens is 304 g/mol. The van der Waals surface area contributed by atoms with Crippen LogP contribution in [0.15, 0.2) is 0 Å². The first-order valence-corrected chi connectivity index (χ1v) is 9.13. The Morgan fingerprint density at radius 2 is 1.88 bits per heavy atom. The van der Waals surface area contributed by atoms with Crippen molar-refractivity contribution in [1.82, 2.24) is 29.5 Å². The lowest BCUT2D eigenvalue weighted by Crippen LogP contribution is -2.44. The molecule has 2 amide bonds. The van der Waals surface area contributed by atoms with E-state index in [1.165, 1.54) is 19.3 Å². The van der Waals surface area contributed by atoms with Crippen molar-refractivity contribution in [2.24, 2.45) is 7.05 Å². The van der Waals surface area contributed by atoms with E-state index in [9.17, 15) is 4.79 Å². The third kappa shape index (κ3) is 3.71. The Labute approximate surface area is 144 Å². The fourth-order valence-corrected chi connectivity index (χ4v) is 3.83. The largest absolute Gasteiger partial charge is 0.331 e. The van der Waals surface area contributed by atoms with Crippen LogP contribution in [0.25, 0.3) is 0 Å². The van der Waals surface area contributed by atoms with Crippen LogP contribution in [0.5, 0.6) is 0 Å². The van der Waals surface area contributed by atoms with Crippen LogP contribution >= 0.6 is 0 Å². The van der Waals surface area contributed by atoms with Gasteiger partial charge < -0.3 is 14.4 Å². The van der Waals surface area contributed by atoms with Crippen molar-refractivity contribution in [3.63, 3.8) is 0 Å². The molecule has 3 heterocycles. The topological polar surface area (TPSA) is 57.5 Å². The molecule has 2 saturated heterocycles. The zero-order valence-electron chi connectivity index (χ0n) is 15.2. The summed E-state index contributed by atoms with van der Waals surface area (Å²) >= 11 is 0. The predicted molar refractivity (Wildman–Crippen MR) is 92.8 cm³/mol. The van der Waals surface area contributed by atoms with Crippen LogP contribution in [0.1, 0.15) is 49.7 Å². The Kier molecular flexibility index (Phi) is 5.38. The second kappa shape index (κ2) is 7.51. The number of aromatic nitrogens is 3. The van der Waals surface area contributed by atoms with Crippen LogP contribution < -0.4 is 0 Å². The highest BCUT2D eigenvalue weighted by Crippen LogP contribution is 2.26. The molecule has 2 aliphatic heterocycles. The lowest BCUT2D eigenvalue weighted by Gasteiger charge is -2.34. The Morgan fingerprint density at radius 1 is 1.12 bits per heavy atom. The third-order valence-corrected chi connectivity index (χ3v) is 5.25. The summed E-state index contributed by atoms with van der Waals surface area (Å²) in [6, 6.07) is 0.0930. The minimum Gasteiger partial charge on any atom is -0.331 e. The van der Waals surface area contributed by atoms with Crippen molar-refractivity contribution >= 4 is 6.03 Å². The summed E-state index contributed by atoms with van der Waals surface area (Å²) in [5, 5.41) is 8.93. The Morgan fingerprint density at radius 3 is 2.58 bits per heavy atom. The van der Waals surface area contributed by atoms with Crippen LogP contribution in [0.3, 0.4) is 0 Å². The summed E-state index contributed by atoms with van der Waals surface area (Å²) in [5.74, 6) is 2.36. The minimum absolute atomic E-state index is 0.0930. The van der Waals surface area contributed by atoms with Crippen molar-refractivity contribution in [1.29, 1.82) is 0 Å². The van der Waals surface area contributed by atoms with Crippen molar-refractivity contribution < 1.29 is 4.79 Å². The second-order valence-corrected chi connectivity index (χ2v) is 7.33. The summed E-state index contributed by atoms with van der Waals surface area (Å²) in [7, 11) is 5.69. The molecule has 0 aliphatic carbocycles. The summed E-state index contributed by atoms with van der Waals surface area (Å²) in [5.41, 5.74) is 0. The number of piperidine rings is 2. The van der Waals surface area contributed by atoms with Gasteiger partial charge in [0.2, 0.25) is 0 Å². The first kappa shape index (κ1) is 17.2. The summed E-state index contributed by atoms with van der Waals surface area (Å²) in [6.45, 7) is 4.79. The average molecular weight is 334 g/mol. The van der Waals surface area contributed by atoms with Gasteiger partial charge in [0, 0.05) is 40.2 Å². The van der Waals surface area contributed by atoms with Crippen molar-refractivity contribution in [2.75, 3.05) is 40.3 Å². The number of nitrogens with zero attached hydrogens (tertiary/aromatic N) is 6. The Bertz CT molecular complexity index is 563. The van der Waals surface area contributed by atoms with Crippen molar-refractivity contribution in [3.05, 3.63) is 11.6 Å². The Balaban J connectivity index is 1.67. The van der Waals surface area contributed by atoms with Crippen LogP contribution in [0.4, 0.5) is 4.79 Å². The third-order valence-electron chi connectivity index (χ3n) is 5.25. The highest BCUT2D eigenvalue weighted by Gasteiger charge is 2.29. The van der Waals surface area contributed by atoms with Crippen LogP contribution in [-0.4, -0.2) is 75.8 Å². The van der Waals surface area contributed by atoms with Crippen LogP contribution in [0.2, 0.25) is 0 Å².